The zero-order valence-corrected chi connectivity index (χ0v) is 12.3. The van der Waals surface area contributed by atoms with Gasteiger partial charge in [0.1, 0.15) is 0 Å². The monoisotopic (exact) mass is 278 g/mol. The van der Waals surface area contributed by atoms with E-state index in [-0.39, 0.29) is 23.3 Å². The number of carbonyl (C=O) groups excluding carboxylic acids is 2. The number of hydrogen-bond acceptors (Lipinski definition) is 3. The second kappa shape index (κ2) is 5.47. The Kier molecular flexibility index (Phi) is 3.85. The Morgan fingerprint density at radius 3 is 2.35 bits per heavy atom. The van der Waals surface area contributed by atoms with E-state index in [2.05, 4.69) is 0 Å². The first-order valence-electron chi connectivity index (χ1n) is 8.24. The van der Waals surface area contributed by atoms with E-state index in [1.807, 2.05) is 0 Å². The van der Waals surface area contributed by atoms with E-state index in [4.69, 9.17) is 5.73 Å². The van der Waals surface area contributed by atoms with Crippen LogP contribution in [0.1, 0.15) is 64.2 Å². The molecule has 0 aromatic rings. The summed E-state index contributed by atoms with van der Waals surface area (Å²) in [6.45, 7) is 0.429. The summed E-state index contributed by atoms with van der Waals surface area (Å²) in [6, 6.07) is -0.0428. The summed E-state index contributed by atoms with van der Waals surface area (Å²) in [4.78, 5) is 26.9. The molecule has 1 spiro atoms. The van der Waals surface area contributed by atoms with Crippen LogP contribution in [-0.4, -0.2) is 29.3 Å². The maximum Gasteiger partial charge on any atom is 0.236 e. The Bertz CT molecular complexity index is 395. The molecule has 0 aromatic heterocycles. The molecule has 3 rings (SSSR count). The zero-order valence-electron chi connectivity index (χ0n) is 12.3. The number of nitrogens with two attached hydrogens (primary N) is 1. The lowest BCUT2D eigenvalue weighted by Crippen LogP contribution is -2.49. The number of likely N-dealkylation sites (tertiary alicyclic amines) is 1. The summed E-state index contributed by atoms with van der Waals surface area (Å²) in [5.41, 5.74) is 5.57. The summed E-state index contributed by atoms with van der Waals surface area (Å²) < 4.78 is 0. The van der Waals surface area contributed by atoms with E-state index >= 15 is 0 Å². The first kappa shape index (κ1) is 14.1. The fourth-order valence-corrected chi connectivity index (χ4v) is 4.62. The lowest BCUT2D eigenvalue weighted by atomic mass is 9.73. The predicted molar refractivity (Wildman–Crippen MR) is 76.8 cm³/mol. The first-order valence-corrected chi connectivity index (χ1v) is 8.24. The molecule has 1 unspecified atom stereocenters. The quantitative estimate of drug-likeness (QED) is 0.805. The third-order valence-corrected chi connectivity index (χ3v) is 5.76. The minimum Gasteiger partial charge on any atom is -0.328 e. The van der Waals surface area contributed by atoms with E-state index in [1.165, 1.54) is 19.3 Å². The number of nitrogens with zero attached hydrogens (tertiary/aromatic N) is 1. The van der Waals surface area contributed by atoms with Gasteiger partial charge in [0, 0.05) is 13.0 Å². The third kappa shape index (κ3) is 2.18. The van der Waals surface area contributed by atoms with Crippen LogP contribution in [-0.2, 0) is 9.59 Å². The third-order valence-electron chi connectivity index (χ3n) is 5.76. The Morgan fingerprint density at radius 1 is 1.10 bits per heavy atom. The van der Waals surface area contributed by atoms with Crippen LogP contribution in [0.5, 0.6) is 0 Å². The largest absolute Gasteiger partial charge is 0.328 e. The second-order valence-electron chi connectivity index (χ2n) is 6.93. The van der Waals surface area contributed by atoms with Crippen molar-refractivity contribution in [1.82, 2.24) is 4.90 Å². The Hall–Kier alpha value is -0.900. The van der Waals surface area contributed by atoms with E-state index in [0.29, 0.717) is 18.9 Å². The van der Waals surface area contributed by atoms with Gasteiger partial charge in [-0.05, 0) is 31.6 Å². The zero-order chi connectivity index (χ0) is 14.2. The Labute approximate surface area is 121 Å². The van der Waals surface area contributed by atoms with Crippen molar-refractivity contribution in [2.75, 3.05) is 6.54 Å². The van der Waals surface area contributed by atoms with Gasteiger partial charge in [-0.15, -0.1) is 0 Å². The van der Waals surface area contributed by atoms with Gasteiger partial charge in [-0.3, -0.25) is 14.5 Å². The molecule has 0 aromatic carbocycles. The molecule has 2 aliphatic carbocycles. The molecule has 20 heavy (non-hydrogen) atoms. The Morgan fingerprint density at radius 2 is 1.75 bits per heavy atom. The van der Waals surface area contributed by atoms with E-state index < -0.39 is 0 Å². The van der Waals surface area contributed by atoms with Crippen molar-refractivity contribution in [2.24, 2.45) is 17.1 Å². The maximum absolute atomic E-state index is 12.9. The van der Waals surface area contributed by atoms with Gasteiger partial charge < -0.3 is 5.73 Å². The van der Waals surface area contributed by atoms with Crippen molar-refractivity contribution >= 4 is 11.8 Å². The van der Waals surface area contributed by atoms with Crippen LogP contribution in [0.2, 0.25) is 0 Å². The molecular formula is C16H26N2O2. The molecule has 1 aliphatic heterocycles. The van der Waals surface area contributed by atoms with Gasteiger partial charge in [-0.25, -0.2) is 0 Å². The fraction of sp³-hybridized carbons (Fsp3) is 0.875. The van der Waals surface area contributed by atoms with E-state index in [0.717, 1.165) is 38.5 Å². The van der Waals surface area contributed by atoms with Crippen molar-refractivity contribution in [2.45, 2.75) is 70.3 Å². The van der Waals surface area contributed by atoms with Crippen molar-refractivity contribution in [3.63, 3.8) is 0 Å². The molecule has 2 saturated carbocycles. The average Bonchev–Trinajstić information content (AvgIpc) is 3.04. The fourth-order valence-electron chi connectivity index (χ4n) is 4.62. The molecule has 0 radical (unpaired) electrons. The summed E-state index contributed by atoms with van der Waals surface area (Å²) in [5, 5.41) is 0. The number of amides is 2. The number of imide groups is 1. The van der Waals surface area contributed by atoms with Gasteiger partial charge in [-0.1, -0.05) is 32.1 Å². The summed E-state index contributed by atoms with van der Waals surface area (Å²) in [6.07, 6.45) is 10.3. The molecular weight excluding hydrogens is 252 g/mol. The number of hydrogen-bond donors (Lipinski definition) is 1. The number of rotatable bonds is 3. The van der Waals surface area contributed by atoms with E-state index in [1.54, 1.807) is 4.90 Å². The van der Waals surface area contributed by atoms with Crippen LogP contribution in [0, 0.1) is 11.3 Å². The van der Waals surface area contributed by atoms with Gasteiger partial charge in [0.05, 0.1) is 11.5 Å². The molecule has 1 heterocycles. The van der Waals surface area contributed by atoms with Crippen molar-refractivity contribution in [3.8, 4) is 0 Å². The topological polar surface area (TPSA) is 63.4 Å². The van der Waals surface area contributed by atoms with Gasteiger partial charge >= 0.3 is 0 Å². The normalized spacial score (nSPS) is 28.6. The molecule has 3 aliphatic rings. The molecule has 112 valence electrons. The highest BCUT2D eigenvalue weighted by Crippen LogP contribution is 2.47. The molecule has 4 nitrogen and oxygen atoms in total. The van der Waals surface area contributed by atoms with E-state index in [9.17, 15) is 9.59 Å². The van der Waals surface area contributed by atoms with Crippen molar-refractivity contribution in [1.29, 1.82) is 0 Å². The highest BCUT2D eigenvalue weighted by molar-refractivity contribution is 6.06. The Balaban J connectivity index is 1.81. The standard InChI is InChI=1S/C16H26N2O2/c17-11-13(12-6-2-3-7-12)18-14(19)10-16(15(18)20)8-4-1-5-9-16/h12-13H,1-11,17H2. The summed E-state index contributed by atoms with van der Waals surface area (Å²) >= 11 is 0. The average molecular weight is 278 g/mol. The molecule has 1 saturated heterocycles. The van der Waals surface area contributed by atoms with Gasteiger partial charge in [0.15, 0.2) is 0 Å². The first-order chi connectivity index (χ1) is 9.68. The molecule has 4 heteroatoms. The van der Waals surface area contributed by atoms with Gasteiger partial charge in [-0.2, -0.15) is 0 Å². The smallest absolute Gasteiger partial charge is 0.236 e. The molecule has 2 N–H and O–H groups in total. The lowest BCUT2D eigenvalue weighted by molar-refractivity contribution is -0.146. The van der Waals surface area contributed by atoms with Crippen LogP contribution in [0.3, 0.4) is 0 Å². The highest BCUT2D eigenvalue weighted by atomic mass is 16.2. The van der Waals surface area contributed by atoms with Crippen LogP contribution in [0.15, 0.2) is 0 Å². The predicted octanol–water partition coefficient (Wildman–Crippen LogP) is 2.21. The van der Waals surface area contributed by atoms with Gasteiger partial charge in [0.25, 0.3) is 0 Å². The van der Waals surface area contributed by atoms with Crippen molar-refractivity contribution < 1.29 is 9.59 Å². The molecule has 3 fully saturated rings. The van der Waals surface area contributed by atoms with Crippen LogP contribution < -0.4 is 5.73 Å². The van der Waals surface area contributed by atoms with Crippen molar-refractivity contribution in [3.05, 3.63) is 0 Å². The number of carbonyl (C=O) groups is 2. The lowest BCUT2D eigenvalue weighted by Gasteiger charge is -2.34. The maximum atomic E-state index is 12.9. The highest BCUT2D eigenvalue weighted by Gasteiger charge is 2.54. The minimum atomic E-state index is -0.360. The van der Waals surface area contributed by atoms with Crippen LogP contribution in [0.25, 0.3) is 0 Å². The summed E-state index contributed by atoms with van der Waals surface area (Å²) in [7, 11) is 0. The van der Waals surface area contributed by atoms with Crippen LogP contribution in [0.4, 0.5) is 0 Å². The SMILES string of the molecule is NCC(C1CCCC1)N1C(=O)CC2(CCCCC2)C1=O. The summed E-state index contributed by atoms with van der Waals surface area (Å²) in [5.74, 6) is 0.579. The molecule has 2 amide bonds. The second-order valence-corrected chi connectivity index (χ2v) is 6.93. The molecule has 0 bridgehead atoms. The van der Waals surface area contributed by atoms with Gasteiger partial charge in [0.2, 0.25) is 11.8 Å². The molecule has 1 atom stereocenters. The van der Waals surface area contributed by atoms with Crippen LogP contribution >= 0.6 is 0 Å². The minimum absolute atomic E-state index is 0.0410.